The van der Waals surface area contributed by atoms with Gasteiger partial charge in [-0.05, 0) is 38.3 Å². The van der Waals surface area contributed by atoms with Crippen LogP contribution >= 0.6 is 11.6 Å². The second-order valence-electron chi connectivity index (χ2n) is 4.19. The number of unbranched alkanes of at least 4 members (excludes halogenated alkanes) is 2. The molecule has 108 valence electrons. The zero-order valence-electron chi connectivity index (χ0n) is 11.5. The minimum absolute atomic E-state index is 0.157. The van der Waals surface area contributed by atoms with E-state index in [4.69, 9.17) is 26.3 Å². The number of nitrogens with zero attached hydrogens (tertiary/aromatic N) is 1. The fourth-order valence-corrected chi connectivity index (χ4v) is 1.90. The molecule has 0 atom stereocenters. The summed E-state index contributed by atoms with van der Waals surface area (Å²) in [5.41, 5.74) is 0.362. The molecule has 0 aliphatic carbocycles. The number of carbonyl (C=O) groups is 1. The van der Waals surface area contributed by atoms with E-state index >= 15 is 0 Å². The maximum absolute atomic E-state index is 11.1. The van der Waals surface area contributed by atoms with Crippen LogP contribution < -0.4 is 4.74 Å². The standard InChI is InChI=1S/C15H18ClNO3/c1-2-19-15(18)9-4-3-5-10-20-14-8-6-7-13(16)12(14)11-17/h6-8H,2-5,9-10H2,1H3. The molecule has 20 heavy (non-hydrogen) atoms. The number of esters is 1. The molecule has 0 bridgehead atoms. The first-order valence-electron chi connectivity index (χ1n) is 6.66. The predicted molar refractivity (Wildman–Crippen MR) is 76.8 cm³/mol. The minimum Gasteiger partial charge on any atom is -0.492 e. The van der Waals surface area contributed by atoms with Gasteiger partial charge < -0.3 is 9.47 Å². The van der Waals surface area contributed by atoms with Gasteiger partial charge >= 0.3 is 5.97 Å². The van der Waals surface area contributed by atoms with Crippen molar-refractivity contribution in [2.24, 2.45) is 0 Å². The molecule has 1 aromatic rings. The summed E-state index contributed by atoms with van der Waals surface area (Å²) in [6.07, 6.45) is 2.91. The van der Waals surface area contributed by atoms with E-state index in [0.717, 1.165) is 19.3 Å². The van der Waals surface area contributed by atoms with Crippen molar-refractivity contribution in [3.8, 4) is 11.8 Å². The maximum Gasteiger partial charge on any atom is 0.305 e. The molecule has 1 rings (SSSR count). The van der Waals surface area contributed by atoms with Crippen molar-refractivity contribution in [3.63, 3.8) is 0 Å². The lowest BCUT2D eigenvalue weighted by molar-refractivity contribution is -0.143. The highest BCUT2D eigenvalue weighted by Crippen LogP contribution is 2.25. The summed E-state index contributed by atoms with van der Waals surface area (Å²) >= 11 is 5.90. The molecule has 0 fully saturated rings. The SMILES string of the molecule is CCOC(=O)CCCCCOc1cccc(Cl)c1C#N. The van der Waals surface area contributed by atoms with E-state index in [2.05, 4.69) is 0 Å². The largest absolute Gasteiger partial charge is 0.492 e. The molecule has 0 heterocycles. The van der Waals surface area contributed by atoms with Crippen molar-refractivity contribution < 1.29 is 14.3 Å². The Hall–Kier alpha value is -1.73. The summed E-state index contributed by atoms with van der Waals surface area (Å²) in [6, 6.07) is 7.16. The summed E-state index contributed by atoms with van der Waals surface area (Å²) in [4.78, 5) is 11.1. The van der Waals surface area contributed by atoms with E-state index in [1.165, 1.54) is 0 Å². The Morgan fingerprint density at radius 1 is 1.35 bits per heavy atom. The van der Waals surface area contributed by atoms with Gasteiger partial charge in [0, 0.05) is 6.42 Å². The van der Waals surface area contributed by atoms with Gasteiger partial charge in [-0.3, -0.25) is 4.79 Å². The number of rotatable bonds is 8. The summed E-state index contributed by atoms with van der Waals surface area (Å²) in [6.45, 7) is 2.72. The molecule has 0 aliphatic rings. The minimum atomic E-state index is -0.157. The summed E-state index contributed by atoms with van der Waals surface area (Å²) < 4.78 is 10.4. The predicted octanol–water partition coefficient (Wildman–Crippen LogP) is 3.71. The molecule has 0 saturated carbocycles. The van der Waals surface area contributed by atoms with Crippen molar-refractivity contribution in [3.05, 3.63) is 28.8 Å². The Kier molecular flexibility index (Phi) is 7.52. The number of nitriles is 1. The Morgan fingerprint density at radius 2 is 2.15 bits per heavy atom. The molecule has 0 aliphatic heterocycles. The third kappa shape index (κ3) is 5.50. The van der Waals surface area contributed by atoms with Crippen LogP contribution in [-0.2, 0) is 9.53 Å². The first-order valence-corrected chi connectivity index (χ1v) is 7.03. The Labute approximate surface area is 124 Å². The number of halogens is 1. The van der Waals surface area contributed by atoms with Crippen LogP contribution in [0.3, 0.4) is 0 Å². The van der Waals surface area contributed by atoms with Crippen LogP contribution in [0.4, 0.5) is 0 Å². The number of carbonyl (C=O) groups excluding carboxylic acids is 1. The van der Waals surface area contributed by atoms with E-state index in [-0.39, 0.29) is 5.97 Å². The van der Waals surface area contributed by atoms with Gasteiger partial charge in [-0.25, -0.2) is 0 Å². The molecule has 0 unspecified atom stereocenters. The highest BCUT2D eigenvalue weighted by Gasteiger charge is 2.07. The van der Waals surface area contributed by atoms with E-state index in [0.29, 0.717) is 36.0 Å². The quantitative estimate of drug-likeness (QED) is 0.542. The van der Waals surface area contributed by atoms with Gasteiger partial charge in [0.15, 0.2) is 0 Å². The van der Waals surface area contributed by atoms with Crippen molar-refractivity contribution in [2.75, 3.05) is 13.2 Å². The van der Waals surface area contributed by atoms with E-state index in [1.807, 2.05) is 6.07 Å². The second kappa shape index (κ2) is 9.22. The van der Waals surface area contributed by atoms with Gasteiger partial charge in [0.1, 0.15) is 17.4 Å². The summed E-state index contributed by atoms with van der Waals surface area (Å²) in [5.74, 6) is 0.348. The monoisotopic (exact) mass is 295 g/mol. The highest BCUT2D eigenvalue weighted by atomic mass is 35.5. The van der Waals surface area contributed by atoms with Gasteiger partial charge in [-0.1, -0.05) is 17.7 Å². The molecule has 0 aromatic heterocycles. The topological polar surface area (TPSA) is 59.3 Å². The lowest BCUT2D eigenvalue weighted by atomic mass is 10.2. The fourth-order valence-electron chi connectivity index (χ4n) is 1.70. The van der Waals surface area contributed by atoms with Gasteiger partial charge in [-0.2, -0.15) is 5.26 Å². The average Bonchev–Trinajstić information content (AvgIpc) is 2.43. The van der Waals surface area contributed by atoms with Gasteiger partial charge in [0.05, 0.1) is 18.2 Å². The average molecular weight is 296 g/mol. The smallest absolute Gasteiger partial charge is 0.305 e. The zero-order valence-corrected chi connectivity index (χ0v) is 12.3. The molecule has 0 saturated heterocycles. The molecule has 0 N–H and O–H groups in total. The van der Waals surface area contributed by atoms with Crippen LogP contribution in [0, 0.1) is 11.3 Å². The van der Waals surface area contributed by atoms with Crippen LogP contribution in [0.15, 0.2) is 18.2 Å². The van der Waals surface area contributed by atoms with Crippen molar-refractivity contribution in [1.29, 1.82) is 5.26 Å². The first kappa shape index (κ1) is 16.3. The van der Waals surface area contributed by atoms with Gasteiger partial charge in [0.25, 0.3) is 0 Å². The van der Waals surface area contributed by atoms with Crippen molar-refractivity contribution >= 4 is 17.6 Å². The molecule has 0 amide bonds. The van der Waals surface area contributed by atoms with Gasteiger partial charge in [0.2, 0.25) is 0 Å². The lowest BCUT2D eigenvalue weighted by Gasteiger charge is -2.08. The second-order valence-corrected chi connectivity index (χ2v) is 4.60. The van der Waals surface area contributed by atoms with E-state index in [9.17, 15) is 4.79 Å². The zero-order chi connectivity index (χ0) is 14.8. The molecule has 4 nitrogen and oxygen atoms in total. The summed E-state index contributed by atoms with van der Waals surface area (Å²) in [5, 5.41) is 9.38. The van der Waals surface area contributed by atoms with E-state index in [1.54, 1.807) is 25.1 Å². The number of ether oxygens (including phenoxy) is 2. The lowest BCUT2D eigenvalue weighted by Crippen LogP contribution is -2.04. The fraction of sp³-hybridized carbons (Fsp3) is 0.467. The Morgan fingerprint density at radius 3 is 2.85 bits per heavy atom. The molecule has 5 heteroatoms. The highest BCUT2D eigenvalue weighted by molar-refractivity contribution is 6.31. The van der Waals surface area contributed by atoms with Crippen molar-refractivity contribution in [2.45, 2.75) is 32.6 Å². The third-order valence-corrected chi connectivity index (χ3v) is 2.99. The maximum atomic E-state index is 11.1. The first-order chi connectivity index (χ1) is 9.69. The van der Waals surface area contributed by atoms with Crippen LogP contribution in [0.25, 0.3) is 0 Å². The van der Waals surface area contributed by atoms with Crippen LogP contribution in [-0.4, -0.2) is 19.2 Å². The number of hydrogen-bond donors (Lipinski definition) is 0. The molecule has 0 spiro atoms. The van der Waals surface area contributed by atoms with Crippen LogP contribution in [0.2, 0.25) is 5.02 Å². The third-order valence-electron chi connectivity index (χ3n) is 2.68. The molecular weight excluding hydrogens is 278 g/mol. The van der Waals surface area contributed by atoms with E-state index < -0.39 is 0 Å². The van der Waals surface area contributed by atoms with Crippen LogP contribution in [0.5, 0.6) is 5.75 Å². The molecule has 1 aromatic carbocycles. The van der Waals surface area contributed by atoms with Crippen LogP contribution in [0.1, 0.15) is 38.2 Å². The normalized spacial score (nSPS) is 9.85. The number of benzene rings is 1. The number of hydrogen-bond acceptors (Lipinski definition) is 4. The molecular formula is C15H18ClNO3. The van der Waals surface area contributed by atoms with Gasteiger partial charge in [-0.15, -0.1) is 0 Å². The summed E-state index contributed by atoms with van der Waals surface area (Å²) in [7, 11) is 0. The Balaban J connectivity index is 2.24. The van der Waals surface area contributed by atoms with Crippen molar-refractivity contribution in [1.82, 2.24) is 0 Å². The molecule has 0 radical (unpaired) electrons. The Bertz CT molecular complexity index is 482.